The minimum absolute atomic E-state index is 0.248. The molecule has 0 aliphatic carbocycles. The van der Waals surface area contributed by atoms with Crippen LogP contribution in [0.4, 0.5) is 0 Å². The molecule has 1 aromatic heterocycles. The highest BCUT2D eigenvalue weighted by atomic mass is 32.1. The molecule has 27 heavy (non-hydrogen) atoms. The van der Waals surface area contributed by atoms with Crippen molar-refractivity contribution in [2.45, 2.75) is 19.5 Å². The lowest BCUT2D eigenvalue weighted by atomic mass is 10.1. The highest BCUT2D eigenvalue weighted by Crippen LogP contribution is 2.25. The van der Waals surface area contributed by atoms with Crippen molar-refractivity contribution >= 4 is 17.2 Å². The van der Waals surface area contributed by atoms with Gasteiger partial charge >= 0.3 is 0 Å². The second kappa shape index (κ2) is 8.42. The number of benzene rings is 1. The normalized spacial score (nSPS) is 21.5. The number of likely N-dealkylation sites (N-methyl/N-ethyl adjacent to an activating group) is 1. The predicted octanol–water partition coefficient (Wildman–Crippen LogP) is -0.375. The van der Waals surface area contributed by atoms with Crippen molar-refractivity contribution in [2.75, 3.05) is 46.4 Å². The quantitative estimate of drug-likeness (QED) is 0.710. The van der Waals surface area contributed by atoms with Gasteiger partial charge in [-0.05, 0) is 46.2 Å². The van der Waals surface area contributed by atoms with Crippen molar-refractivity contribution in [1.82, 2.24) is 4.90 Å². The third-order valence-electron chi connectivity index (χ3n) is 5.70. The van der Waals surface area contributed by atoms with Crippen molar-refractivity contribution in [3.63, 3.8) is 0 Å². The summed E-state index contributed by atoms with van der Waals surface area (Å²) in [6.45, 7) is 7.63. The van der Waals surface area contributed by atoms with Crippen molar-refractivity contribution in [1.29, 1.82) is 0 Å². The van der Waals surface area contributed by atoms with E-state index in [1.165, 1.54) is 21.6 Å². The number of quaternary nitrogens is 2. The second-order valence-electron chi connectivity index (χ2n) is 7.78. The van der Waals surface area contributed by atoms with E-state index in [-0.39, 0.29) is 5.91 Å². The number of hydrogen-bond acceptors (Lipinski definition) is 3. The fourth-order valence-electron chi connectivity index (χ4n) is 4.04. The minimum Gasteiger partial charge on any atom is -0.493 e. The Labute approximate surface area is 165 Å². The molecule has 2 aromatic rings. The van der Waals surface area contributed by atoms with Crippen LogP contribution >= 0.6 is 11.3 Å². The zero-order valence-corrected chi connectivity index (χ0v) is 16.8. The monoisotopic (exact) mass is 387 g/mol. The molecule has 6 heteroatoms. The van der Waals surface area contributed by atoms with E-state index < -0.39 is 0 Å². The Bertz CT molecular complexity index is 770. The van der Waals surface area contributed by atoms with Gasteiger partial charge in [0.1, 0.15) is 38.5 Å². The lowest BCUT2D eigenvalue weighted by Crippen LogP contribution is -3.28. The molecule has 1 fully saturated rings. The summed E-state index contributed by atoms with van der Waals surface area (Å²) in [6.07, 6.45) is 1.04. The van der Waals surface area contributed by atoms with Gasteiger partial charge < -0.3 is 19.4 Å². The van der Waals surface area contributed by atoms with E-state index in [0.717, 1.165) is 58.0 Å². The molecule has 0 bridgehead atoms. The molecule has 0 spiro atoms. The van der Waals surface area contributed by atoms with Gasteiger partial charge in [0.15, 0.2) is 6.54 Å². The van der Waals surface area contributed by atoms with E-state index in [4.69, 9.17) is 4.74 Å². The summed E-state index contributed by atoms with van der Waals surface area (Å²) < 4.78 is 5.60. The third kappa shape index (κ3) is 4.69. The molecule has 2 aliphatic heterocycles. The van der Waals surface area contributed by atoms with Crippen LogP contribution in [0.2, 0.25) is 0 Å². The number of amides is 1. The molecule has 2 N–H and O–H groups in total. The van der Waals surface area contributed by atoms with Crippen LogP contribution in [-0.2, 0) is 24.3 Å². The van der Waals surface area contributed by atoms with Gasteiger partial charge in [-0.2, -0.15) is 11.3 Å². The molecule has 1 saturated heterocycles. The molecule has 4 rings (SSSR count). The number of nitrogens with one attached hydrogen (secondary N) is 2. The summed E-state index contributed by atoms with van der Waals surface area (Å²) in [4.78, 5) is 17.4. The number of thiophene rings is 1. The number of carbonyl (C=O) groups excluding carboxylic acids is 1. The number of ether oxygens (including phenoxy) is 1. The maximum atomic E-state index is 12.5. The van der Waals surface area contributed by atoms with Crippen LogP contribution in [0.25, 0.3) is 0 Å². The lowest BCUT2D eigenvalue weighted by Gasteiger charge is -2.30. The van der Waals surface area contributed by atoms with Crippen molar-refractivity contribution in [2.24, 2.45) is 0 Å². The van der Waals surface area contributed by atoms with Crippen molar-refractivity contribution in [3.05, 3.63) is 51.7 Å². The summed E-state index contributed by atoms with van der Waals surface area (Å²) in [5.74, 6) is 1.31. The summed E-state index contributed by atoms with van der Waals surface area (Å²) in [7, 11) is 1.92. The van der Waals surface area contributed by atoms with Gasteiger partial charge in [-0.1, -0.05) is 0 Å². The van der Waals surface area contributed by atoms with Crippen LogP contribution in [0.5, 0.6) is 5.75 Å². The third-order valence-corrected chi connectivity index (χ3v) is 6.43. The van der Waals surface area contributed by atoms with Crippen LogP contribution in [0.1, 0.15) is 16.7 Å². The molecule has 1 aromatic carbocycles. The predicted molar refractivity (Wildman–Crippen MR) is 106 cm³/mol. The number of rotatable bonds is 6. The zero-order valence-electron chi connectivity index (χ0n) is 16.0. The van der Waals surface area contributed by atoms with Gasteiger partial charge in [-0.15, -0.1) is 0 Å². The van der Waals surface area contributed by atoms with E-state index in [2.05, 4.69) is 35.0 Å². The Morgan fingerprint density at radius 3 is 2.74 bits per heavy atom. The van der Waals surface area contributed by atoms with Gasteiger partial charge in [0.05, 0.1) is 6.61 Å². The number of fused-ring (bicyclic) bond motifs is 1. The molecule has 5 nitrogen and oxygen atoms in total. The smallest absolute Gasteiger partial charge is 0.277 e. The van der Waals surface area contributed by atoms with Gasteiger partial charge in [-0.25, -0.2) is 0 Å². The molecular weight excluding hydrogens is 358 g/mol. The highest BCUT2D eigenvalue weighted by Gasteiger charge is 2.26. The molecule has 0 radical (unpaired) electrons. The van der Waals surface area contributed by atoms with Crippen LogP contribution in [0.3, 0.4) is 0 Å². The first-order valence-corrected chi connectivity index (χ1v) is 10.8. The summed E-state index contributed by atoms with van der Waals surface area (Å²) in [6, 6.07) is 8.74. The topological polar surface area (TPSA) is 38.4 Å². The Morgan fingerprint density at radius 2 is 1.96 bits per heavy atom. The first-order valence-electron chi connectivity index (χ1n) is 9.84. The fourth-order valence-corrected chi connectivity index (χ4v) is 4.70. The highest BCUT2D eigenvalue weighted by molar-refractivity contribution is 7.07. The van der Waals surface area contributed by atoms with Crippen LogP contribution in [0, 0.1) is 0 Å². The first-order chi connectivity index (χ1) is 13.2. The van der Waals surface area contributed by atoms with E-state index in [1.807, 2.05) is 11.9 Å². The molecule has 2 aliphatic rings. The largest absolute Gasteiger partial charge is 0.493 e. The minimum atomic E-state index is 0.248. The summed E-state index contributed by atoms with van der Waals surface area (Å²) >= 11 is 1.68. The van der Waals surface area contributed by atoms with E-state index in [1.54, 1.807) is 16.2 Å². The van der Waals surface area contributed by atoms with Gasteiger partial charge in [0, 0.05) is 25.6 Å². The molecular formula is C21H29N3O2S+2. The van der Waals surface area contributed by atoms with Crippen LogP contribution in [-0.4, -0.2) is 57.2 Å². The van der Waals surface area contributed by atoms with Gasteiger partial charge in [0.25, 0.3) is 5.91 Å². The standard InChI is InChI=1S/C21H27N3O2S/c1-22(13-18-5-11-27-16-18)21(25)15-24-8-6-23(7-9-24)14-17-2-3-20-19(12-17)4-10-26-20/h2-3,5,11-12,16H,4,6-10,13-15H2,1H3/p+2. The Hall–Kier alpha value is -1.89. The lowest BCUT2D eigenvalue weighted by molar-refractivity contribution is -1.02. The average Bonchev–Trinajstić information content (AvgIpc) is 3.34. The zero-order chi connectivity index (χ0) is 18.6. The Kier molecular flexibility index (Phi) is 5.76. The SMILES string of the molecule is CN(Cc1ccsc1)C(=O)C[NH+]1CC[NH+](Cc2ccc3c(c2)CCO3)CC1. The summed E-state index contributed by atoms with van der Waals surface area (Å²) in [5, 5.41) is 4.18. The second-order valence-corrected chi connectivity index (χ2v) is 8.56. The van der Waals surface area contributed by atoms with Crippen LogP contribution < -0.4 is 14.5 Å². The number of hydrogen-bond donors (Lipinski definition) is 2. The van der Waals surface area contributed by atoms with Crippen LogP contribution in [0.15, 0.2) is 35.0 Å². The number of nitrogens with zero attached hydrogens (tertiary/aromatic N) is 1. The molecule has 0 unspecified atom stereocenters. The molecule has 1 amide bonds. The van der Waals surface area contributed by atoms with Gasteiger partial charge in [0.2, 0.25) is 0 Å². The number of piperazine rings is 1. The summed E-state index contributed by atoms with van der Waals surface area (Å²) in [5.41, 5.74) is 3.99. The Balaban J connectivity index is 1.22. The van der Waals surface area contributed by atoms with E-state index in [9.17, 15) is 4.79 Å². The van der Waals surface area contributed by atoms with Crippen molar-refractivity contribution in [3.8, 4) is 5.75 Å². The maximum Gasteiger partial charge on any atom is 0.277 e. The van der Waals surface area contributed by atoms with E-state index >= 15 is 0 Å². The van der Waals surface area contributed by atoms with Gasteiger partial charge in [-0.3, -0.25) is 4.79 Å². The number of carbonyl (C=O) groups is 1. The fraction of sp³-hybridized carbons (Fsp3) is 0.476. The molecule has 144 valence electrons. The van der Waals surface area contributed by atoms with Crippen molar-refractivity contribution < 1.29 is 19.3 Å². The molecule has 0 atom stereocenters. The molecule has 0 saturated carbocycles. The van der Waals surface area contributed by atoms with E-state index in [0.29, 0.717) is 6.54 Å². The maximum absolute atomic E-state index is 12.5. The first kappa shape index (κ1) is 18.5. The Morgan fingerprint density at radius 1 is 1.15 bits per heavy atom. The molecule has 3 heterocycles. The average molecular weight is 388 g/mol.